The summed E-state index contributed by atoms with van der Waals surface area (Å²) in [5.74, 6) is 0. The molecule has 0 rings (SSSR count). The second-order valence-corrected chi connectivity index (χ2v) is 7.73. The quantitative estimate of drug-likeness (QED) is 0.172. The third kappa shape index (κ3) is 24.4. The molecule has 0 aromatic rings. The number of allylic oxidation sites excluding steroid dienone is 12. The summed E-state index contributed by atoms with van der Waals surface area (Å²) >= 11 is 0. The molecular weight excluding hydrogens is 356 g/mol. The van der Waals surface area contributed by atoms with Gasteiger partial charge in [0, 0.05) is 0 Å². The lowest BCUT2D eigenvalue weighted by Crippen LogP contribution is -2.03. The average molecular weight is 393 g/mol. The van der Waals surface area contributed by atoms with Crippen molar-refractivity contribution < 1.29 is 12.6 Å². The molecule has 0 N–H and O–H groups in total. The van der Waals surface area contributed by atoms with Crippen molar-refractivity contribution >= 4 is 10.1 Å². The van der Waals surface area contributed by atoms with Gasteiger partial charge in [-0.25, -0.2) is 0 Å². The Morgan fingerprint density at radius 2 is 1.00 bits per heavy atom. The molecule has 0 aromatic heterocycles. The van der Waals surface area contributed by atoms with Gasteiger partial charge in [-0.1, -0.05) is 79.8 Å². The summed E-state index contributed by atoms with van der Waals surface area (Å²) < 4.78 is 26.2. The van der Waals surface area contributed by atoms with E-state index in [0.29, 0.717) is 0 Å². The van der Waals surface area contributed by atoms with E-state index in [9.17, 15) is 8.42 Å². The van der Waals surface area contributed by atoms with E-state index >= 15 is 0 Å². The highest BCUT2D eigenvalue weighted by atomic mass is 32.2. The Morgan fingerprint density at radius 1 is 0.630 bits per heavy atom. The van der Waals surface area contributed by atoms with Crippen LogP contribution in [0.15, 0.2) is 72.9 Å². The highest BCUT2D eigenvalue weighted by molar-refractivity contribution is 7.85. The van der Waals surface area contributed by atoms with Gasteiger partial charge in [-0.3, -0.25) is 4.18 Å². The van der Waals surface area contributed by atoms with Crippen LogP contribution in [0.3, 0.4) is 0 Å². The fourth-order valence-electron chi connectivity index (χ4n) is 2.05. The van der Waals surface area contributed by atoms with Crippen LogP contribution >= 0.6 is 0 Å². The molecule has 0 aliphatic carbocycles. The lowest BCUT2D eigenvalue weighted by atomic mass is 10.2. The maximum Gasteiger partial charge on any atom is 0.264 e. The third-order valence-electron chi connectivity index (χ3n) is 3.41. The van der Waals surface area contributed by atoms with Crippen LogP contribution in [0.2, 0.25) is 0 Å². The van der Waals surface area contributed by atoms with E-state index in [2.05, 4.69) is 84.0 Å². The van der Waals surface area contributed by atoms with Crippen LogP contribution in [0, 0.1) is 0 Å². The monoisotopic (exact) mass is 392 g/mol. The molecule has 4 heteroatoms. The van der Waals surface area contributed by atoms with Crippen molar-refractivity contribution in [2.45, 2.75) is 58.3 Å². The van der Waals surface area contributed by atoms with Gasteiger partial charge in [-0.15, -0.1) is 0 Å². The minimum absolute atomic E-state index is 0.255. The summed E-state index contributed by atoms with van der Waals surface area (Å²) in [7, 11) is -3.30. The van der Waals surface area contributed by atoms with Crippen LogP contribution < -0.4 is 0 Å². The summed E-state index contributed by atoms with van der Waals surface area (Å²) in [5, 5.41) is 0. The van der Waals surface area contributed by atoms with Crippen LogP contribution in [0.25, 0.3) is 0 Å². The summed E-state index contributed by atoms with van der Waals surface area (Å²) in [6.45, 7) is 2.40. The van der Waals surface area contributed by atoms with Gasteiger partial charge in [0.15, 0.2) is 0 Å². The zero-order valence-electron chi connectivity index (χ0n) is 16.9. The smallest absolute Gasteiger partial charge is 0.264 e. The third-order valence-corrected chi connectivity index (χ3v) is 4.00. The normalized spacial score (nSPS) is 13.7. The fraction of sp³-hybridized carbons (Fsp3) is 0.478. The number of unbranched alkanes of at least 4 members (excludes halogenated alkanes) is 1. The van der Waals surface area contributed by atoms with Gasteiger partial charge in [0.25, 0.3) is 10.1 Å². The van der Waals surface area contributed by atoms with Crippen molar-refractivity contribution in [2.75, 3.05) is 12.9 Å². The van der Waals surface area contributed by atoms with Crippen LogP contribution in [0.4, 0.5) is 0 Å². The zero-order valence-corrected chi connectivity index (χ0v) is 17.7. The SMILES string of the molecule is CC/C=C\C/C=C\C/C=C\C/C=C\C/C=C\C/C=C\CCCOS(C)(=O)=O. The predicted molar refractivity (Wildman–Crippen MR) is 118 cm³/mol. The number of rotatable bonds is 16. The Bertz CT molecular complexity index is 606. The van der Waals surface area contributed by atoms with E-state index in [-0.39, 0.29) is 6.61 Å². The van der Waals surface area contributed by atoms with E-state index in [0.717, 1.165) is 57.6 Å². The Morgan fingerprint density at radius 3 is 1.37 bits per heavy atom. The van der Waals surface area contributed by atoms with E-state index in [4.69, 9.17) is 0 Å². The molecule has 0 radical (unpaired) electrons. The Balaban J connectivity index is 3.53. The Hall–Kier alpha value is -1.65. The van der Waals surface area contributed by atoms with Crippen LogP contribution in [-0.2, 0) is 14.3 Å². The van der Waals surface area contributed by atoms with Crippen molar-refractivity contribution in [1.29, 1.82) is 0 Å². The second kappa shape index (κ2) is 19.1. The maximum atomic E-state index is 10.8. The van der Waals surface area contributed by atoms with Crippen molar-refractivity contribution in [1.82, 2.24) is 0 Å². The molecule has 0 saturated heterocycles. The summed E-state index contributed by atoms with van der Waals surface area (Å²) in [5.41, 5.74) is 0. The van der Waals surface area contributed by atoms with Gasteiger partial charge in [0.1, 0.15) is 0 Å². The summed E-state index contributed by atoms with van der Waals surface area (Å²) in [6, 6.07) is 0. The summed E-state index contributed by atoms with van der Waals surface area (Å²) in [4.78, 5) is 0. The first-order chi connectivity index (χ1) is 13.1. The molecule has 0 fully saturated rings. The first-order valence-electron chi connectivity index (χ1n) is 9.80. The standard InChI is InChI=1S/C23H36O3S/c1-3-4-5-6-7-8-9-10-11-12-13-14-15-16-17-18-19-20-21-22-23-26-27(2,24)25/h4-5,7-8,10-11,13-14,16-17,19-20H,3,6,9,12,15,18,21-23H2,1-2H3/b5-4-,8-7-,11-10-,14-13-,17-16-,20-19-. The zero-order chi connectivity index (χ0) is 20.1. The van der Waals surface area contributed by atoms with Crippen LogP contribution in [-0.4, -0.2) is 21.3 Å². The molecule has 0 bridgehead atoms. The van der Waals surface area contributed by atoms with Gasteiger partial charge in [0.05, 0.1) is 12.9 Å². The molecule has 0 saturated carbocycles. The van der Waals surface area contributed by atoms with Gasteiger partial charge >= 0.3 is 0 Å². The predicted octanol–water partition coefficient (Wildman–Crippen LogP) is 6.44. The van der Waals surface area contributed by atoms with Crippen molar-refractivity contribution in [2.24, 2.45) is 0 Å². The minimum atomic E-state index is -3.30. The number of hydrogen-bond donors (Lipinski definition) is 0. The van der Waals surface area contributed by atoms with E-state index in [1.165, 1.54) is 0 Å². The Kier molecular flexibility index (Phi) is 18.0. The molecule has 152 valence electrons. The second-order valence-electron chi connectivity index (χ2n) is 6.08. The maximum absolute atomic E-state index is 10.8. The molecule has 0 spiro atoms. The molecule has 0 aromatic carbocycles. The van der Waals surface area contributed by atoms with Crippen molar-refractivity contribution in [3.05, 3.63) is 72.9 Å². The molecule has 3 nitrogen and oxygen atoms in total. The first-order valence-corrected chi connectivity index (χ1v) is 11.6. The number of hydrogen-bond acceptors (Lipinski definition) is 3. The first kappa shape index (κ1) is 25.4. The largest absolute Gasteiger partial charge is 0.270 e. The van der Waals surface area contributed by atoms with Gasteiger partial charge in [-0.2, -0.15) is 8.42 Å². The van der Waals surface area contributed by atoms with E-state index in [1.807, 2.05) is 0 Å². The van der Waals surface area contributed by atoms with Crippen molar-refractivity contribution in [3.8, 4) is 0 Å². The molecule has 0 aliphatic rings. The highest BCUT2D eigenvalue weighted by Gasteiger charge is 1.98. The van der Waals surface area contributed by atoms with Crippen LogP contribution in [0.5, 0.6) is 0 Å². The van der Waals surface area contributed by atoms with Gasteiger partial charge in [-0.05, 0) is 51.4 Å². The Labute approximate surface area is 167 Å². The molecule has 0 aliphatic heterocycles. The highest BCUT2D eigenvalue weighted by Crippen LogP contribution is 1.98. The molecular formula is C23H36O3S. The molecule has 0 atom stereocenters. The van der Waals surface area contributed by atoms with Gasteiger partial charge < -0.3 is 0 Å². The molecule has 0 heterocycles. The molecule has 27 heavy (non-hydrogen) atoms. The topological polar surface area (TPSA) is 43.4 Å². The van der Waals surface area contributed by atoms with E-state index < -0.39 is 10.1 Å². The minimum Gasteiger partial charge on any atom is -0.270 e. The van der Waals surface area contributed by atoms with Crippen molar-refractivity contribution in [3.63, 3.8) is 0 Å². The van der Waals surface area contributed by atoms with Gasteiger partial charge in [0.2, 0.25) is 0 Å². The molecule has 0 amide bonds. The average Bonchev–Trinajstić information content (AvgIpc) is 2.62. The summed E-state index contributed by atoms with van der Waals surface area (Å²) in [6.07, 6.45) is 34.6. The molecule has 0 unspecified atom stereocenters. The lowest BCUT2D eigenvalue weighted by Gasteiger charge is -1.97. The van der Waals surface area contributed by atoms with Crippen LogP contribution in [0.1, 0.15) is 58.3 Å². The lowest BCUT2D eigenvalue weighted by molar-refractivity contribution is 0.317. The fourth-order valence-corrected chi connectivity index (χ4v) is 2.47. The van der Waals surface area contributed by atoms with E-state index in [1.54, 1.807) is 0 Å².